The molecule has 6 rings (SSSR count). The Morgan fingerprint density at radius 2 is 1.58 bits per heavy atom. The van der Waals surface area contributed by atoms with Crippen LogP contribution in [0.1, 0.15) is 27.9 Å². The number of hydrogen-bond donors (Lipinski definition) is 1. The minimum Gasteiger partial charge on any atom is -0.347 e. The maximum absolute atomic E-state index is 14.5. The number of halogens is 3. The first kappa shape index (κ1) is 34.3. The molecule has 3 aromatic carbocycles. The Bertz CT molecular complexity index is 1860. The van der Waals surface area contributed by atoms with E-state index >= 15 is 0 Å². The number of piperazine rings is 1. The van der Waals surface area contributed by atoms with Gasteiger partial charge in [-0.3, -0.25) is 19.5 Å². The SMILES string of the molecule is O=C([C@H](Cc1ccccc1)N(Cc1ccc(-c2ccccn2)cc1)C(=O)C=Cc1ccc(C(F)(F)F)cc1)N1CCN(Cc2cnc[nH]2)CC1. The number of pyridine rings is 1. The summed E-state index contributed by atoms with van der Waals surface area (Å²) in [5.74, 6) is -0.581. The fourth-order valence-electron chi connectivity index (χ4n) is 6.02. The maximum atomic E-state index is 14.5. The van der Waals surface area contributed by atoms with Crippen molar-refractivity contribution >= 4 is 17.9 Å². The normalized spacial score (nSPS) is 14.5. The lowest BCUT2D eigenvalue weighted by Crippen LogP contribution is -2.56. The highest BCUT2D eigenvalue weighted by Crippen LogP contribution is 2.29. The van der Waals surface area contributed by atoms with Crippen LogP contribution in [0.4, 0.5) is 13.2 Å². The van der Waals surface area contributed by atoms with E-state index in [1.54, 1.807) is 23.6 Å². The van der Waals surface area contributed by atoms with E-state index in [-0.39, 0.29) is 12.5 Å². The summed E-state index contributed by atoms with van der Waals surface area (Å²) in [6.07, 6.45) is 3.81. The van der Waals surface area contributed by atoms with Crippen molar-refractivity contribution < 1.29 is 22.8 Å². The van der Waals surface area contributed by atoms with Gasteiger partial charge in [0.25, 0.3) is 0 Å². The van der Waals surface area contributed by atoms with Crippen molar-refractivity contribution in [2.24, 2.45) is 0 Å². The van der Waals surface area contributed by atoms with E-state index in [2.05, 4.69) is 19.9 Å². The number of carbonyl (C=O) groups excluding carboxylic acids is 2. The van der Waals surface area contributed by atoms with E-state index in [1.165, 1.54) is 24.3 Å². The number of benzene rings is 3. The highest BCUT2D eigenvalue weighted by atomic mass is 19.4. The number of H-pyrrole nitrogens is 1. The molecule has 0 saturated carbocycles. The lowest BCUT2D eigenvalue weighted by molar-refractivity contribution is -0.145. The molecule has 2 aromatic heterocycles. The topological polar surface area (TPSA) is 85.4 Å². The molecule has 5 aromatic rings. The number of alkyl halides is 3. The van der Waals surface area contributed by atoms with Crippen molar-refractivity contribution in [3.8, 4) is 11.3 Å². The smallest absolute Gasteiger partial charge is 0.347 e. The van der Waals surface area contributed by atoms with Crippen LogP contribution in [-0.2, 0) is 35.3 Å². The second-order valence-corrected chi connectivity index (χ2v) is 12.2. The number of carbonyl (C=O) groups is 2. The van der Waals surface area contributed by atoms with Crippen molar-refractivity contribution in [1.82, 2.24) is 29.7 Å². The van der Waals surface area contributed by atoms with Crippen LogP contribution in [-0.4, -0.2) is 73.7 Å². The van der Waals surface area contributed by atoms with Crippen molar-refractivity contribution in [2.75, 3.05) is 26.2 Å². The number of nitrogens with zero attached hydrogens (tertiary/aromatic N) is 5. The number of aromatic nitrogens is 3. The van der Waals surface area contributed by atoms with Crippen molar-refractivity contribution in [2.45, 2.75) is 31.7 Å². The fourth-order valence-corrected chi connectivity index (χ4v) is 6.02. The Kier molecular flexibility index (Phi) is 10.8. The highest BCUT2D eigenvalue weighted by Gasteiger charge is 2.34. The molecule has 1 aliphatic heterocycles. The monoisotopic (exact) mass is 678 g/mol. The van der Waals surface area contributed by atoms with Crippen LogP contribution in [0.15, 0.2) is 122 Å². The zero-order valence-electron chi connectivity index (χ0n) is 27.3. The molecule has 1 N–H and O–H groups in total. The van der Waals surface area contributed by atoms with E-state index in [1.807, 2.05) is 77.7 Å². The zero-order valence-corrected chi connectivity index (χ0v) is 27.3. The van der Waals surface area contributed by atoms with Gasteiger partial charge in [-0.2, -0.15) is 13.2 Å². The summed E-state index contributed by atoms with van der Waals surface area (Å²) in [6, 6.07) is 26.7. The van der Waals surface area contributed by atoms with E-state index in [4.69, 9.17) is 0 Å². The summed E-state index contributed by atoms with van der Waals surface area (Å²) in [5.41, 5.74) is 4.11. The van der Waals surface area contributed by atoms with Gasteiger partial charge in [0.1, 0.15) is 6.04 Å². The van der Waals surface area contributed by atoms with E-state index in [0.29, 0.717) is 44.7 Å². The van der Waals surface area contributed by atoms with Crippen LogP contribution >= 0.6 is 0 Å². The third-order valence-electron chi connectivity index (χ3n) is 8.77. The van der Waals surface area contributed by atoms with Gasteiger partial charge in [-0.25, -0.2) is 4.98 Å². The number of aromatic amines is 1. The number of hydrogen-bond acceptors (Lipinski definition) is 5. The molecule has 0 bridgehead atoms. The van der Waals surface area contributed by atoms with Crippen molar-refractivity contribution in [1.29, 1.82) is 0 Å². The standard InChI is InChI=1S/C39H37F3N6O2/c40-39(41,42)33-16-11-29(12-17-33)13-18-37(49)48(26-31-9-14-32(15-10-31)35-8-4-5-19-44-35)36(24-30-6-2-1-3-7-30)38(50)47-22-20-46(21-23-47)27-34-25-43-28-45-34/h1-19,25,28,36H,20-24,26-27H2,(H,43,45)/t36-/m0/s1. The molecule has 0 aliphatic carbocycles. The first-order chi connectivity index (χ1) is 24.2. The minimum absolute atomic E-state index is 0.141. The number of nitrogens with one attached hydrogen (secondary N) is 1. The van der Waals surface area contributed by atoms with Gasteiger partial charge in [-0.1, -0.05) is 72.8 Å². The number of rotatable bonds is 11. The molecule has 1 saturated heterocycles. The summed E-state index contributed by atoms with van der Waals surface area (Å²) in [4.78, 5) is 45.9. The van der Waals surface area contributed by atoms with E-state index in [9.17, 15) is 22.8 Å². The van der Waals surface area contributed by atoms with Crippen LogP contribution in [0, 0.1) is 0 Å². The lowest BCUT2D eigenvalue weighted by atomic mass is 10.0. The van der Waals surface area contributed by atoms with Gasteiger partial charge in [0, 0.05) is 75.4 Å². The summed E-state index contributed by atoms with van der Waals surface area (Å²) in [6.45, 7) is 3.17. The van der Waals surface area contributed by atoms with Crippen LogP contribution in [0.5, 0.6) is 0 Å². The molecular formula is C39H37F3N6O2. The summed E-state index contributed by atoms with van der Waals surface area (Å²) < 4.78 is 39.4. The Morgan fingerprint density at radius 1 is 0.860 bits per heavy atom. The minimum atomic E-state index is -4.46. The second-order valence-electron chi connectivity index (χ2n) is 12.2. The van der Waals surface area contributed by atoms with Gasteiger partial charge in [0.2, 0.25) is 11.8 Å². The molecule has 3 heterocycles. The quantitative estimate of drug-likeness (QED) is 0.162. The average Bonchev–Trinajstić information content (AvgIpc) is 3.66. The van der Waals surface area contributed by atoms with Gasteiger partial charge in [0.05, 0.1) is 17.6 Å². The summed E-state index contributed by atoms with van der Waals surface area (Å²) in [5, 5.41) is 0. The van der Waals surface area contributed by atoms with Crippen molar-refractivity contribution in [3.05, 3.63) is 150 Å². The van der Waals surface area contributed by atoms with Gasteiger partial charge in [-0.15, -0.1) is 0 Å². The predicted molar refractivity (Wildman–Crippen MR) is 185 cm³/mol. The molecule has 0 radical (unpaired) electrons. The van der Waals surface area contributed by atoms with Crippen LogP contribution in [0.3, 0.4) is 0 Å². The number of imidazole rings is 1. The first-order valence-corrected chi connectivity index (χ1v) is 16.4. The maximum Gasteiger partial charge on any atom is 0.416 e. The van der Waals surface area contributed by atoms with Gasteiger partial charge < -0.3 is 14.8 Å². The molecule has 11 heteroatoms. The number of amides is 2. The first-order valence-electron chi connectivity index (χ1n) is 16.4. The third kappa shape index (κ3) is 8.91. The van der Waals surface area contributed by atoms with E-state index < -0.39 is 23.7 Å². The summed E-state index contributed by atoms with van der Waals surface area (Å²) in [7, 11) is 0. The van der Waals surface area contributed by atoms with Crippen LogP contribution in [0.25, 0.3) is 17.3 Å². The van der Waals surface area contributed by atoms with Gasteiger partial charge in [0.15, 0.2) is 0 Å². The molecule has 1 fully saturated rings. The molecule has 0 unspecified atom stereocenters. The molecular weight excluding hydrogens is 641 g/mol. The predicted octanol–water partition coefficient (Wildman–Crippen LogP) is 6.49. The molecule has 1 atom stereocenters. The average molecular weight is 679 g/mol. The second kappa shape index (κ2) is 15.8. The molecule has 1 aliphatic rings. The molecule has 2 amide bonds. The van der Waals surface area contributed by atoms with Crippen LogP contribution in [0.2, 0.25) is 0 Å². The third-order valence-corrected chi connectivity index (χ3v) is 8.77. The van der Waals surface area contributed by atoms with Gasteiger partial charge >= 0.3 is 6.18 Å². The molecule has 0 spiro atoms. The van der Waals surface area contributed by atoms with Crippen LogP contribution < -0.4 is 0 Å². The zero-order chi connectivity index (χ0) is 34.9. The lowest BCUT2D eigenvalue weighted by Gasteiger charge is -2.39. The fraction of sp³-hybridized carbons (Fsp3) is 0.231. The molecule has 8 nitrogen and oxygen atoms in total. The largest absolute Gasteiger partial charge is 0.416 e. The summed E-state index contributed by atoms with van der Waals surface area (Å²) >= 11 is 0. The Morgan fingerprint density at radius 3 is 2.22 bits per heavy atom. The Labute approximate surface area is 288 Å². The Hall–Kier alpha value is -5.55. The van der Waals surface area contributed by atoms with Gasteiger partial charge in [-0.05, 0) is 47.0 Å². The van der Waals surface area contributed by atoms with E-state index in [0.717, 1.165) is 40.2 Å². The Balaban J connectivity index is 1.28. The van der Waals surface area contributed by atoms with Crippen molar-refractivity contribution in [3.63, 3.8) is 0 Å². The highest BCUT2D eigenvalue weighted by molar-refractivity contribution is 5.95. The molecule has 256 valence electrons. The molecule has 50 heavy (non-hydrogen) atoms.